The van der Waals surface area contributed by atoms with Gasteiger partial charge >= 0.3 is 0 Å². The van der Waals surface area contributed by atoms with E-state index < -0.39 is 5.41 Å². The maximum Gasteiger partial charge on any atom is 0.227 e. The number of hydrogen-bond acceptors (Lipinski definition) is 4. The van der Waals surface area contributed by atoms with Crippen LogP contribution in [0.2, 0.25) is 0 Å². The summed E-state index contributed by atoms with van der Waals surface area (Å²) in [6.45, 7) is 6.04. The average Bonchev–Trinajstić information content (AvgIpc) is 2.77. The predicted molar refractivity (Wildman–Crippen MR) is 86.4 cm³/mol. The standard InChI is InChI=1S/C16H29N5O/c1-3-16(4-2,12-17)15(22)18-10-9-14-20-19-13-8-6-5-7-11-21(13)14/h3-12,17H2,1-2H3,(H,18,22). The third kappa shape index (κ3) is 3.48. The molecule has 0 saturated heterocycles. The number of nitrogens with zero attached hydrogens (tertiary/aromatic N) is 3. The zero-order valence-corrected chi connectivity index (χ0v) is 13.9. The Morgan fingerprint density at radius 1 is 1.27 bits per heavy atom. The van der Waals surface area contributed by atoms with Crippen molar-refractivity contribution < 1.29 is 4.79 Å². The number of carbonyl (C=O) groups excluding carboxylic acids is 1. The lowest BCUT2D eigenvalue weighted by Gasteiger charge is -2.28. The molecule has 0 fully saturated rings. The monoisotopic (exact) mass is 307 g/mol. The fraction of sp³-hybridized carbons (Fsp3) is 0.812. The molecule has 0 unspecified atom stereocenters. The Morgan fingerprint density at radius 2 is 2.05 bits per heavy atom. The van der Waals surface area contributed by atoms with Gasteiger partial charge in [-0.15, -0.1) is 10.2 Å². The predicted octanol–water partition coefficient (Wildman–Crippen LogP) is 1.43. The van der Waals surface area contributed by atoms with Crippen molar-refractivity contribution in [3.63, 3.8) is 0 Å². The maximum absolute atomic E-state index is 12.4. The molecule has 3 N–H and O–H groups in total. The second-order valence-electron chi connectivity index (χ2n) is 6.19. The van der Waals surface area contributed by atoms with Crippen LogP contribution in [0.1, 0.15) is 57.6 Å². The van der Waals surface area contributed by atoms with E-state index in [4.69, 9.17) is 5.73 Å². The molecule has 0 saturated carbocycles. The first-order chi connectivity index (χ1) is 10.7. The van der Waals surface area contributed by atoms with Gasteiger partial charge in [0.2, 0.25) is 5.91 Å². The molecule has 0 atom stereocenters. The van der Waals surface area contributed by atoms with Crippen LogP contribution >= 0.6 is 0 Å². The molecular formula is C16H29N5O. The normalized spacial score (nSPS) is 15.2. The van der Waals surface area contributed by atoms with Crippen molar-refractivity contribution in [1.82, 2.24) is 20.1 Å². The molecule has 2 rings (SSSR count). The molecule has 1 aliphatic rings. The molecule has 124 valence electrons. The van der Waals surface area contributed by atoms with E-state index in [0.29, 0.717) is 13.1 Å². The summed E-state index contributed by atoms with van der Waals surface area (Å²) in [4.78, 5) is 12.4. The molecule has 1 aromatic rings. The summed E-state index contributed by atoms with van der Waals surface area (Å²) in [5.41, 5.74) is 5.39. The van der Waals surface area contributed by atoms with Crippen LogP contribution in [0.3, 0.4) is 0 Å². The Hall–Kier alpha value is -1.43. The molecule has 6 nitrogen and oxygen atoms in total. The van der Waals surface area contributed by atoms with Gasteiger partial charge in [0.25, 0.3) is 0 Å². The highest BCUT2D eigenvalue weighted by atomic mass is 16.2. The van der Waals surface area contributed by atoms with E-state index in [1.54, 1.807) is 0 Å². The van der Waals surface area contributed by atoms with Gasteiger partial charge in [0.1, 0.15) is 11.6 Å². The van der Waals surface area contributed by atoms with Crippen molar-refractivity contribution >= 4 is 5.91 Å². The minimum Gasteiger partial charge on any atom is -0.355 e. The number of carbonyl (C=O) groups is 1. The van der Waals surface area contributed by atoms with Crippen LogP contribution in [-0.2, 0) is 24.2 Å². The SMILES string of the molecule is CCC(CC)(CN)C(=O)NCCc1nnc2n1CCCCC2. The first-order valence-corrected chi connectivity index (χ1v) is 8.56. The van der Waals surface area contributed by atoms with Crippen molar-refractivity contribution in [1.29, 1.82) is 0 Å². The highest BCUT2D eigenvalue weighted by molar-refractivity contribution is 5.82. The number of aryl methyl sites for hydroxylation is 1. The van der Waals surface area contributed by atoms with Gasteiger partial charge < -0.3 is 15.6 Å². The largest absolute Gasteiger partial charge is 0.355 e. The van der Waals surface area contributed by atoms with Gasteiger partial charge in [0.15, 0.2) is 0 Å². The molecule has 0 aromatic carbocycles. The van der Waals surface area contributed by atoms with Crippen molar-refractivity contribution in [3.8, 4) is 0 Å². The Morgan fingerprint density at radius 3 is 2.73 bits per heavy atom. The van der Waals surface area contributed by atoms with Crippen molar-refractivity contribution in [2.75, 3.05) is 13.1 Å². The molecular weight excluding hydrogens is 278 g/mol. The summed E-state index contributed by atoms with van der Waals surface area (Å²) >= 11 is 0. The minimum atomic E-state index is -0.429. The van der Waals surface area contributed by atoms with Crippen LogP contribution in [-0.4, -0.2) is 33.8 Å². The summed E-state index contributed by atoms with van der Waals surface area (Å²) in [7, 11) is 0. The number of rotatable bonds is 7. The minimum absolute atomic E-state index is 0.0654. The fourth-order valence-electron chi connectivity index (χ4n) is 3.16. The van der Waals surface area contributed by atoms with E-state index in [2.05, 4.69) is 20.1 Å². The molecule has 0 aliphatic carbocycles. The summed E-state index contributed by atoms with van der Waals surface area (Å²) in [6, 6.07) is 0. The highest BCUT2D eigenvalue weighted by Crippen LogP contribution is 2.24. The molecule has 6 heteroatoms. The molecule has 1 aliphatic heterocycles. The second kappa shape index (κ2) is 7.72. The van der Waals surface area contributed by atoms with Gasteiger partial charge in [-0.1, -0.05) is 20.3 Å². The molecule has 2 heterocycles. The third-order valence-electron chi connectivity index (χ3n) is 5.05. The first-order valence-electron chi connectivity index (χ1n) is 8.56. The Kier molecular flexibility index (Phi) is 5.94. The maximum atomic E-state index is 12.4. The quantitative estimate of drug-likeness (QED) is 0.798. The number of hydrogen-bond donors (Lipinski definition) is 2. The van der Waals surface area contributed by atoms with Gasteiger partial charge in [-0.25, -0.2) is 0 Å². The first kappa shape index (κ1) is 16.9. The lowest BCUT2D eigenvalue weighted by Crippen LogP contribution is -2.45. The molecule has 1 aromatic heterocycles. The fourth-order valence-corrected chi connectivity index (χ4v) is 3.16. The van der Waals surface area contributed by atoms with Gasteiger partial charge in [0.05, 0.1) is 5.41 Å². The number of nitrogens with two attached hydrogens (primary N) is 1. The molecule has 1 amide bonds. The van der Waals surface area contributed by atoms with Crippen molar-refractivity contribution in [2.24, 2.45) is 11.1 Å². The summed E-state index contributed by atoms with van der Waals surface area (Å²) < 4.78 is 2.23. The highest BCUT2D eigenvalue weighted by Gasteiger charge is 2.32. The molecule has 0 spiro atoms. The van der Waals surface area contributed by atoms with Gasteiger partial charge in [-0.3, -0.25) is 4.79 Å². The smallest absolute Gasteiger partial charge is 0.227 e. The van der Waals surface area contributed by atoms with Gasteiger partial charge in [-0.2, -0.15) is 0 Å². The lowest BCUT2D eigenvalue weighted by atomic mass is 9.81. The zero-order chi connectivity index (χ0) is 16.0. The lowest BCUT2D eigenvalue weighted by molar-refractivity contribution is -0.131. The van der Waals surface area contributed by atoms with E-state index in [0.717, 1.165) is 43.9 Å². The molecule has 0 bridgehead atoms. The summed E-state index contributed by atoms with van der Waals surface area (Å²) in [5, 5.41) is 11.6. The van der Waals surface area contributed by atoms with Crippen molar-refractivity contribution in [3.05, 3.63) is 11.6 Å². The zero-order valence-electron chi connectivity index (χ0n) is 13.9. The average molecular weight is 307 g/mol. The topological polar surface area (TPSA) is 85.8 Å². The Labute approximate surface area is 132 Å². The summed E-state index contributed by atoms with van der Waals surface area (Å²) in [5.74, 6) is 2.15. The Bertz CT molecular complexity index is 484. The van der Waals surface area contributed by atoms with Crippen LogP contribution < -0.4 is 11.1 Å². The van der Waals surface area contributed by atoms with Crippen LogP contribution in [0.15, 0.2) is 0 Å². The van der Waals surface area contributed by atoms with E-state index >= 15 is 0 Å². The number of aromatic nitrogens is 3. The third-order valence-corrected chi connectivity index (χ3v) is 5.05. The Balaban J connectivity index is 1.91. The van der Waals surface area contributed by atoms with E-state index in [-0.39, 0.29) is 5.91 Å². The van der Waals surface area contributed by atoms with Crippen LogP contribution in [0.5, 0.6) is 0 Å². The van der Waals surface area contributed by atoms with Crippen molar-refractivity contribution in [2.45, 2.75) is 65.3 Å². The summed E-state index contributed by atoms with van der Waals surface area (Å²) in [6.07, 6.45) is 6.92. The van der Waals surface area contributed by atoms with Gasteiger partial charge in [-0.05, 0) is 25.7 Å². The molecule has 0 radical (unpaired) electrons. The van der Waals surface area contributed by atoms with Crippen LogP contribution in [0, 0.1) is 5.41 Å². The van der Waals surface area contributed by atoms with E-state index in [9.17, 15) is 4.79 Å². The van der Waals surface area contributed by atoms with E-state index in [1.165, 1.54) is 19.3 Å². The van der Waals surface area contributed by atoms with Gasteiger partial charge in [0, 0.05) is 32.5 Å². The second-order valence-corrected chi connectivity index (χ2v) is 6.19. The number of fused-ring (bicyclic) bond motifs is 1. The molecule has 22 heavy (non-hydrogen) atoms. The number of amides is 1. The number of nitrogens with one attached hydrogen (secondary N) is 1. The van der Waals surface area contributed by atoms with Crippen LogP contribution in [0.25, 0.3) is 0 Å². The van der Waals surface area contributed by atoms with Crippen LogP contribution in [0.4, 0.5) is 0 Å². The van der Waals surface area contributed by atoms with E-state index in [1.807, 2.05) is 13.8 Å².